The van der Waals surface area contributed by atoms with E-state index in [0.717, 1.165) is 11.3 Å². The van der Waals surface area contributed by atoms with Gasteiger partial charge in [-0.25, -0.2) is 0 Å². The van der Waals surface area contributed by atoms with Crippen molar-refractivity contribution in [1.29, 1.82) is 0 Å². The third kappa shape index (κ3) is 3.10. The smallest absolute Gasteiger partial charge is 0.0632 e. The number of unbranched alkanes of at least 4 members (excludes halogenated alkanes) is 1. The van der Waals surface area contributed by atoms with E-state index in [9.17, 15) is 0 Å². The molecule has 0 radical (unpaired) electrons. The largest absolute Gasteiger partial charge is 0.394 e. The van der Waals surface area contributed by atoms with Crippen molar-refractivity contribution in [3.63, 3.8) is 0 Å². The highest BCUT2D eigenvalue weighted by Crippen LogP contribution is 2.22. The van der Waals surface area contributed by atoms with Crippen LogP contribution in [-0.4, -0.2) is 11.7 Å². The molecule has 2 nitrogen and oxygen atoms in total. The Labute approximate surface area is 83.4 Å². The molecular weight excluding hydrogens is 182 g/mol. The van der Waals surface area contributed by atoms with E-state index in [1.165, 1.54) is 17.7 Å². The van der Waals surface area contributed by atoms with Gasteiger partial charge in [0.25, 0.3) is 0 Å². The maximum Gasteiger partial charge on any atom is 0.0632 e. The van der Waals surface area contributed by atoms with Crippen LogP contribution in [0.5, 0.6) is 0 Å². The molecule has 1 aromatic heterocycles. The molecule has 0 bridgehead atoms. The molecule has 1 aromatic rings. The van der Waals surface area contributed by atoms with Crippen LogP contribution in [0.4, 0.5) is 0 Å². The molecule has 1 heterocycles. The Morgan fingerprint density at radius 1 is 1.54 bits per heavy atom. The number of aryl methyl sites for hydroxylation is 1. The van der Waals surface area contributed by atoms with Crippen molar-refractivity contribution in [3.05, 3.63) is 21.9 Å². The Bertz CT molecular complexity index is 247. The van der Waals surface area contributed by atoms with Gasteiger partial charge in [0.15, 0.2) is 0 Å². The Kier molecular flexibility index (Phi) is 4.42. The fraction of sp³-hybridized carbons (Fsp3) is 0.600. The van der Waals surface area contributed by atoms with Crippen molar-refractivity contribution in [2.24, 2.45) is 5.73 Å². The van der Waals surface area contributed by atoms with E-state index in [1.807, 2.05) is 6.07 Å². The lowest BCUT2D eigenvalue weighted by Gasteiger charge is -2.02. The molecule has 0 aliphatic rings. The van der Waals surface area contributed by atoms with Gasteiger partial charge in [0, 0.05) is 9.75 Å². The molecule has 1 atom stereocenters. The molecule has 1 rings (SSSR count). The molecule has 0 saturated heterocycles. The molecule has 0 unspecified atom stereocenters. The van der Waals surface area contributed by atoms with Gasteiger partial charge >= 0.3 is 0 Å². The van der Waals surface area contributed by atoms with E-state index in [0.29, 0.717) is 0 Å². The lowest BCUT2D eigenvalue weighted by atomic mass is 10.2. The van der Waals surface area contributed by atoms with Crippen LogP contribution in [0.3, 0.4) is 0 Å². The van der Waals surface area contributed by atoms with Gasteiger partial charge in [0.05, 0.1) is 12.6 Å². The second kappa shape index (κ2) is 5.37. The normalized spacial score (nSPS) is 13.2. The number of thiophene rings is 1. The molecule has 0 fully saturated rings. The SMILES string of the molecule is CCCCc1ccc([C@H](N)CO)s1. The second-order valence-corrected chi connectivity index (χ2v) is 4.40. The molecule has 0 saturated carbocycles. The minimum Gasteiger partial charge on any atom is -0.394 e. The zero-order valence-corrected chi connectivity index (χ0v) is 8.81. The summed E-state index contributed by atoms with van der Waals surface area (Å²) in [5, 5.41) is 8.86. The van der Waals surface area contributed by atoms with E-state index >= 15 is 0 Å². The highest BCUT2D eigenvalue weighted by molar-refractivity contribution is 7.12. The first-order valence-corrected chi connectivity index (χ1v) is 5.54. The van der Waals surface area contributed by atoms with E-state index in [1.54, 1.807) is 11.3 Å². The molecule has 74 valence electrons. The molecule has 0 aromatic carbocycles. The molecule has 0 amide bonds. The number of hydrogen-bond acceptors (Lipinski definition) is 3. The zero-order chi connectivity index (χ0) is 9.68. The summed E-state index contributed by atoms with van der Waals surface area (Å²) < 4.78 is 0. The molecule has 3 heteroatoms. The second-order valence-electron chi connectivity index (χ2n) is 3.20. The van der Waals surface area contributed by atoms with Crippen LogP contribution in [0.15, 0.2) is 12.1 Å². The predicted octanol–water partition coefficient (Wildman–Crippen LogP) is 2.08. The highest BCUT2D eigenvalue weighted by Gasteiger charge is 2.06. The van der Waals surface area contributed by atoms with Crippen molar-refractivity contribution >= 4 is 11.3 Å². The fourth-order valence-electron chi connectivity index (χ4n) is 1.17. The number of nitrogens with two attached hydrogens (primary N) is 1. The van der Waals surface area contributed by atoms with Gasteiger partial charge in [-0.3, -0.25) is 0 Å². The van der Waals surface area contributed by atoms with Crippen LogP contribution in [0.2, 0.25) is 0 Å². The van der Waals surface area contributed by atoms with E-state index in [-0.39, 0.29) is 12.6 Å². The number of aliphatic hydroxyl groups is 1. The zero-order valence-electron chi connectivity index (χ0n) is 7.99. The summed E-state index contributed by atoms with van der Waals surface area (Å²) >= 11 is 1.72. The molecule has 0 aliphatic carbocycles. The fourth-order valence-corrected chi connectivity index (χ4v) is 2.22. The number of aliphatic hydroxyl groups excluding tert-OH is 1. The summed E-state index contributed by atoms with van der Waals surface area (Å²) in [6, 6.07) is 3.95. The van der Waals surface area contributed by atoms with E-state index < -0.39 is 0 Å². The van der Waals surface area contributed by atoms with E-state index in [4.69, 9.17) is 10.8 Å². The van der Waals surface area contributed by atoms with Crippen molar-refractivity contribution < 1.29 is 5.11 Å². The summed E-state index contributed by atoms with van der Waals surface area (Å²) in [6.45, 7) is 2.22. The first-order chi connectivity index (χ1) is 6.27. The summed E-state index contributed by atoms with van der Waals surface area (Å²) in [4.78, 5) is 2.47. The number of hydrogen-bond donors (Lipinski definition) is 2. The van der Waals surface area contributed by atoms with Gasteiger partial charge in [0.2, 0.25) is 0 Å². The van der Waals surface area contributed by atoms with Crippen molar-refractivity contribution in [2.75, 3.05) is 6.61 Å². The van der Waals surface area contributed by atoms with Crippen LogP contribution < -0.4 is 5.73 Å². The molecule has 13 heavy (non-hydrogen) atoms. The topological polar surface area (TPSA) is 46.2 Å². The van der Waals surface area contributed by atoms with E-state index in [2.05, 4.69) is 13.0 Å². The van der Waals surface area contributed by atoms with Gasteiger partial charge in [-0.15, -0.1) is 11.3 Å². The van der Waals surface area contributed by atoms with Crippen molar-refractivity contribution in [2.45, 2.75) is 32.2 Å². The Morgan fingerprint density at radius 2 is 2.31 bits per heavy atom. The van der Waals surface area contributed by atoms with Gasteiger partial charge in [-0.2, -0.15) is 0 Å². The Hall–Kier alpha value is -0.380. The number of rotatable bonds is 5. The maximum absolute atomic E-state index is 8.86. The van der Waals surface area contributed by atoms with Crippen LogP contribution in [0.25, 0.3) is 0 Å². The predicted molar refractivity (Wildman–Crippen MR) is 56.9 cm³/mol. The quantitative estimate of drug-likeness (QED) is 0.762. The minimum atomic E-state index is -0.194. The van der Waals surface area contributed by atoms with Gasteiger partial charge in [-0.1, -0.05) is 13.3 Å². The third-order valence-corrected chi connectivity index (χ3v) is 3.30. The summed E-state index contributed by atoms with van der Waals surface area (Å²) in [7, 11) is 0. The lowest BCUT2D eigenvalue weighted by molar-refractivity contribution is 0.269. The monoisotopic (exact) mass is 199 g/mol. The first-order valence-electron chi connectivity index (χ1n) is 4.73. The summed E-state index contributed by atoms with van der Waals surface area (Å²) in [5.74, 6) is 0. The van der Waals surface area contributed by atoms with Crippen molar-refractivity contribution in [3.8, 4) is 0 Å². The van der Waals surface area contributed by atoms with Crippen LogP contribution >= 0.6 is 11.3 Å². The Balaban J connectivity index is 2.53. The maximum atomic E-state index is 8.86. The van der Waals surface area contributed by atoms with Crippen molar-refractivity contribution in [1.82, 2.24) is 0 Å². The van der Waals surface area contributed by atoms with Crippen LogP contribution in [-0.2, 0) is 6.42 Å². The van der Waals surface area contributed by atoms with Crippen LogP contribution in [0.1, 0.15) is 35.6 Å². The summed E-state index contributed by atoms with van der Waals surface area (Å²) in [6.07, 6.45) is 3.59. The van der Waals surface area contributed by atoms with Gasteiger partial charge in [0.1, 0.15) is 0 Å². The highest BCUT2D eigenvalue weighted by atomic mass is 32.1. The molecule has 0 spiro atoms. The first kappa shape index (κ1) is 10.7. The lowest BCUT2D eigenvalue weighted by Crippen LogP contribution is -2.12. The average Bonchev–Trinajstić information content (AvgIpc) is 2.62. The molecule has 0 aliphatic heterocycles. The average molecular weight is 199 g/mol. The van der Waals surface area contributed by atoms with Gasteiger partial charge < -0.3 is 10.8 Å². The Morgan fingerprint density at radius 3 is 2.92 bits per heavy atom. The molecule has 3 N–H and O–H groups in total. The minimum absolute atomic E-state index is 0.0354. The standard InChI is InChI=1S/C10H17NOS/c1-2-3-4-8-5-6-10(13-8)9(11)7-12/h5-6,9,12H,2-4,7,11H2,1H3/t9-/m1/s1. The third-order valence-electron chi connectivity index (χ3n) is 2.02. The van der Waals surface area contributed by atoms with Gasteiger partial charge in [-0.05, 0) is 25.0 Å². The summed E-state index contributed by atoms with van der Waals surface area (Å²) in [5.41, 5.74) is 5.70. The molecular formula is C10H17NOS. The van der Waals surface area contributed by atoms with Crippen LogP contribution in [0, 0.1) is 0 Å².